The molecule has 0 atom stereocenters. The van der Waals surface area contributed by atoms with Gasteiger partial charge in [-0.1, -0.05) is 40.6 Å². The van der Waals surface area contributed by atoms with Crippen LogP contribution in [0.3, 0.4) is 0 Å². The Labute approximate surface area is 152 Å². The Morgan fingerprint density at radius 2 is 2.00 bits per heavy atom. The highest BCUT2D eigenvalue weighted by molar-refractivity contribution is 14.0. The van der Waals surface area contributed by atoms with Gasteiger partial charge in [0.2, 0.25) is 0 Å². The first-order valence-corrected chi connectivity index (χ1v) is 7.81. The highest BCUT2D eigenvalue weighted by Crippen LogP contribution is 2.43. The van der Waals surface area contributed by atoms with Crippen molar-refractivity contribution in [3.8, 4) is 0 Å². The lowest BCUT2D eigenvalue weighted by molar-refractivity contribution is 0.244. The Morgan fingerprint density at radius 3 is 2.48 bits per heavy atom. The van der Waals surface area contributed by atoms with Gasteiger partial charge in [-0.2, -0.15) is 0 Å². The molecule has 2 N–H and O–H groups in total. The van der Waals surface area contributed by atoms with Crippen LogP contribution in [-0.2, 0) is 5.41 Å². The molecule has 1 aromatic rings. The van der Waals surface area contributed by atoms with Crippen LogP contribution in [0.2, 0.25) is 0 Å². The first-order valence-electron chi connectivity index (χ1n) is 7.02. The quantitative estimate of drug-likeness (QED) is 0.301. The summed E-state index contributed by atoms with van der Waals surface area (Å²) >= 11 is 3.50. The van der Waals surface area contributed by atoms with Gasteiger partial charge < -0.3 is 10.6 Å². The second-order valence-electron chi connectivity index (χ2n) is 5.24. The molecule has 0 radical (unpaired) electrons. The van der Waals surface area contributed by atoms with E-state index in [-0.39, 0.29) is 29.4 Å². The van der Waals surface area contributed by atoms with Crippen LogP contribution in [0.25, 0.3) is 0 Å². The number of nitrogens with zero attached hydrogens (tertiary/aromatic N) is 1. The fourth-order valence-corrected chi connectivity index (χ4v) is 2.88. The standard InChI is InChI=1S/C16H22BrN3.HI/c1-3-11-19-15(18-2)20-12-16(9-4-10-16)13-5-7-14(17)8-6-13;/h3,5-8H,1,4,9-12H2,2H3,(H2,18,19,20);1H. The molecular formula is C16H23BrIN3. The minimum atomic E-state index is 0. The molecule has 1 fully saturated rings. The van der Waals surface area contributed by atoms with E-state index in [1.165, 1.54) is 24.8 Å². The van der Waals surface area contributed by atoms with Crippen LogP contribution >= 0.6 is 39.9 Å². The fraction of sp³-hybridized carbons (Fsp3) is 0.438. The van der Waals surface area contributed by atoms with E-state index in [4.69, 9.17) is 0 Å². The van der Waals surface area contributed by atoms with Gasteiger partial charge in [0, 0.05) is 30.0 Å². The zero-order valence-corrected chi connectivity index (χ0v) is 16.3. The van der Waals surface area contributed by atoms with E-state index in [2.05, 4.69) is 62.4 Å². The zero-order valence-electron chi connectivity index (χ0n) is 12.4. The molecule has 0 spiro atoms. The minimum Gasteiger partial charge on any atom is -0.356 e. The normalized spacial score (nSPS) is 16.4. The second-order valence-corrected chi connectivity index (χ2v) is 6.15. The molecule has 0 saturated heterocycles. The molecule has 1 aliphatic rings. The van der Waals surface area contributed by atoms with Crippen LogP contribution < -0.4 is 10.6 Å². The predicted molar refractivity (Wildman–Crippen MR) is 105 cm³/mol. The van der Waals surface area contributed by atoms with Crippen molar-refractivity contribution in [3.05, 3.63) is 47.0 Å². The number of aliphatic imine (C=N–C) groups is 1. The topological polar surface area (TPSA) is 36.4 Å². The molecule has 1 saturated carbocycles. The first-order chi connectivity index (χ1) is 9.70. The summed E-state index contributed by atoms with van der Waals surface area (Å²) in [6.07, 6.45) is 5.61. The second kappa shape index (κ2) is 8.78. The van der Waals surface area contributed by atoms with Crippen molar-refractivity contribution in [1.29, 1.82) is 0 Å². The third-order valence-corrected chi connectivity index (χ3v) is 4.53. The van der Waals surface area contributed by atoms with E-state index in [1.54, 1.807) is 7.05 Å². The molecule has 5 heteroatoms. The summed E-state index contributed by atoms with van der Waals surface area (Å²) in [6, 6.07) is 8.70. The van der Waals surface area contributed by atoms with E-state index < -0.39 is 0 Å². The minimum absolute atomic E-state index is 0. The van der Waals surface area contributed by atoms with Gasteiger partial charge in [0.25, 0.3) is 0 Å². The summed E-state index contributed by atoms with van der Waals surface area (Å²) < 4.78 is 1.13. The van der Waals surface area contributed by atoms with E-state index in [9.17, 15) is 0 Å². The number of hydrogen-bond acceptors (Lipinski definition) is 1. The van der Waals surface area contributed by atoms with Crippen molar-refractivity contribution in [2.75, 3.05) is 20.1 Å². The average Bonchev–Trinajstić information content (AvgIpc) is 2.42. The van der Waals surface area contributed by atoms with Crippen molar-refractivity contribution in [1.82, 2.24) is 10.6 Å². The van der Waals surface area contributed by atoms with Crippen molar-refractivity contribution >= 4 is 45.9 Å². The summed E-state index contributed by atoms with van der Waals surface area (Å²) in [5.41, 5.74) is 1.67. The Hall–Kier alpha value is -0.560. The summed E-state index contributed by atoms with van der Waals surface area (Å²) in [6.45, 7) is 5.36. The molecule has 0 aliphatic heterocycles. The zero-order chi connectivity index (χ0) is 14.4. The summed E-state index contributed by atoms with van der Waals surface area (Å²) in [5.74, 6) is 0.841. The third-order valence-electron chi connectivity index (χ3n) is 4.00. The molecule has 0 aromatic heterocycles. The molecule has 1 aliphatic carbocycles. The smallest absolute Gasteiger partial charge is 0.191 e. The highest BCUT2D eigenvalue weighted by atomic mass is 127. The predicted octanol–water partition coefficient (Wildman–Crippen LogP) is 3.84. The Morgan fingerprint density at radius 1 is 1.33 bits per heavy atom. The van der Waals surface area contributed by atoms with Crippen LogP contribution in [0.1, 0.15) is 24.8 Å². The number of nitrogens with one attached hydrogen (secondary N) is 2. The SMILES string of the molecule is C=CCNC(=NC)NCC1(c2ccc(Br)cc2)CCC1.I. The maximum absolute atomic E-state index is 4.23. The molecule has 2 rings (SSSR count). The van der Waals surface area contributed by atoms with Crippen LogP contribution in [0, 0.1) is 0 Å². The Balaban J connectivity index is 0.00000220. The first kappa shape index (κ1) is 18.5. The molecular weight excluding hydrogens is 441 g/mol. The van der Waals surface area contributed by atoms with Crippen molar-refractivity contribution in [2.45, 2.75) is 24.7 Å². The van der Waals surface area contributed by atoms with Crippen molar-refractivity contribution < 1.29 is 0 Å². The van der Waals surface area contributed by atoms with E-state index in [0.717, 1.165) is 23.5 Å². The highest BCUT2D eigenvalue weighted by Gasteiger charge is 2.38. The molecule has 0 unspecified atom stereocenters. The summed E-state index contributed by atoms with van der Waals surface area (Å²) in [5, 5.41) is 6.65. The van der Waals surface area contributed by atoms with Crippen LogP contribution in [0.5, 0.6) is 0 Å². The number of rotatable bonds is 5. The third kappa shape index (κ3) is 4.71. The molecule has 116 valence electrons. The maximum atomic E-state index is 4.23. The van der Waals surface area contributed by atoms with Gasteiger partial charge in [-0.25, -0.2) is 0 Å². The summed E-state index contributed by atoms with van der Waals surface area (Å²) in [7, 11) is 1.80. The maximum Gasteiger partial charge on any atom is 0.191 e. The number of halogens is 2. The van der Waals surface area contributed by atoms with Gasteiger partial charge in [-0.05, 0) is 30.5 Å². The Kier molecular flexibility index (Phi) is 7.73. The van der Waals surface area contributed by atoms with E-state index in [0.29, 0.717) is 0 Å². The molecule has 1 aromatic carbocycles. The largest absolute Gasteiger partial charge is 0.356 e. The Bertz CT molecular complexity index is 481. The van der Waals surface area contributed by atoms with Gasteiger partial charge in [0.05, 0.1) is 0 Å². The lowest BCUT2D eigenvalue weighted by atomic mass is 9.64. The molecule has 0 amide bonds. The number of hydrogen-bond donors (Lipinski definition) is 2. The molecule has 0 bridgehead atoms. The van der Waals surface area contributed by atoms with Gasteiger partial charge in [0.1, 0.15) is 0 Å². The molecule has 0 heterocycles. The summed E-state index contributed by atoms with van der Waals surface area (Å²) in [4.78, 5) is 4.23. The fourth-order valence-electron chi connectivity index (χ4n) is 2.62. The lowest BCUT2D eigenvalue weighted by Gasteiger charge is -2.43. The number of benzene rings is 1. The van der Waals surface area contributed by atoms with E-state index in [1.807, 2.05) is 6.08 Å². The van der Waals surface area contributed by atoms with Crippen molar-refractivity contribution in [3.63, 3.8) is 0 Å². The monoisotopic (exact) mass is 463 g/mol. The number of guanidine groups is 1. The van der Waals surface area contributed by atoms with Crippen LogP contribution in [0.15, 0.2) is 46.4 Å². The van der Waals surface area contributed by atoms with Gasteiger partial charge >= 0.3 is 0 Å². The van der Waals surface area contributed by atoms with Crippen molar-refractivity contribution in [2.24, 2.45) is 4.99 Å². The van der Waals surface area contributed by atoms with Gasteiger partial charge in [0.15, 0.2) is 5.96 Å². The molecule has 21 heavy (non-hydrogen) atoms. The van der Waals surface area contributed by atoms with E-state index >= 15 is 0 Å². The van der Waals surface area contributed by atoms with Gasteiger partial charge in [-0.15, -0.1) is 30.6 Å². The average molecular weight is 464 g/mol. The lowest BCUT2D eigenvalue weighted by Crippen LogP contribution is -2.48. The molecule has 3 nitrogen and oxygen atoms in total. The van der Waals surface area contributed by atoms with Crippen LogP contribution in [-0.4, -0.2) is 26.1 Å². The van der Waals surface area contributed by atoms with Gasteiger partial charge in [-0.3, -0.25) is 4.99 Å². The van der Waals surface area contributed by atoms with Crippen LogP contribution in [0.4, 0.5) is 0 Å².